The summed E-state index contributed by atoms with van der Waals surface area (Å²) in [6.07, 6.45) is 1.83. The van der Waals surface area contributed by atoms with E-state index in [0.29, 0.717) is 5.69 Å². The summed E-state index contributed by atoms with van der Waals surface area (Å²) in [5.74, 6) is 0. The van der Waals surface area contributed by atoms with Crippen LogP contribution in [0.4, 0.5) is 11.4 Å². The van der Waals surface area contributed by atoms with E-state index in [1.165, 1.54) is 23.9 Å². The molecule has 2 N–H and O–H groups in total. The van der Waals surface area contributed by atoms with Crippen LogP contribution in [0, 0.1) is 10.1 Å². The third-order valence-electron chi connectivity index (χ3n) is 1.43. The maximum Gasteiger partial charge on any atom is 0.270 e. The predicted molar refractivity (Wildman–Crippen MR) is 49.3 cm³/mol. The molecule has 0 atom stereocenters. The minimum absolute atomic E-state index is 0.0774. The molecule has 12 heavy (non-hydrogen) atoms. The molecule has 1 rings (SSSR count). The van der Waals surface area contributed by atoms with Gasteiger partial charge in [-0.25, -0.2) is 0 Å². The van der Waals surface area contributed by atoms with Crippen molar-refractivity contribution in [2.75, 3.05) is 12.0 Å². The van der Waals surface area contributed by atoms with Crippen molar-refractivity contribution >= 4 is 23.1 Å². The summed E-state index contributed by atoms with van der Waals surface area (Å²) in [5.41, 5.74) is 6.21. The number of benzene rings is 1. The van der Waals surface area contributed by atoms with Crippen LogP contribution in [-0.4, -0.2) is 11.2 Å². The Morgan fingerprint density at radius 2 is 2.25 bits per heavy atom. The lowest BCUT2D eigenvalue weighted by atomic mass is 10.3. The Balaban J connectivity index is 3.13. The molecule has 1 aromatic rings. The van der Waals surface area contributed by atoms with Gasteiger partial charge in [-0.05, 0) is 12.3 Å². The van der Waals surface area contributed by atoms with E-state index >= 15 is 0 Å². The number of nitrogens with two attached hydrogens (primary N) is 1. The van der Waals surface area contributed by atoms with Crippen molar-refractivity contribution in [1.29, 1.82) is 0 Å². The van der Waals surface area contributed by atoms with Crippen molar-refractivity contribution in [3.63, 3.8) is 0 Å². The lowest BCUT2D eigenvalue weighted by Gasteiger charge is -2.00. The van der Waals surface area contributed by atoms with Crippen LogP contribution in [-0.2, 0) is 0 Å². The SMILES string of the molecule is CSc1cc([N+](=O)[O-])ccc1N. The van der Waals surface area contributed by atoms with Gasteiger partial charge in [0.15, 0.2) is 0 Å². The number of anilines is 1. The van der Waals surface area contributed by atoms with Gasteiger partial charge in [0.1, 0.15) is 0 Å². The fourth-order valence-corrected chi connectivity index (χ4v) is 1.36. The molecule has 0 aliphatic heterocycles. The Bertz CT molecular complexity index is 314. The lowest BCUT2D eigenvalue weighted by molar-refractivity contribution is -0.385. The third-order valence-corrected chi connectivity index (χ3v) is 2.22. The molecule has 0 bridgehead atoms. The molecule has 64 valence electrons. The first-order chi connectivity index (χ1) is 5.65. The van der Waals surface area contributed by atoms with Crippen LogP contribution in [0.25, 0.3) is 0 Å². The summed E-state index contributed by atoms with van der Waals surface area (Å²) in [7, 11) is 0. The standard InChI is InChI=1S/C7H8N2O2S/c1-12-7-4-5(9(10)11)2-3-6(7)8/h2-4H,8H2,1H3. The molecule has 0 spiro atoms. The van der Waals surface area contributed by atoms with Crippen LogP contribution in [0.1, 0.15) is 0 Å². The zero-order valence-electron chi connectivity index (χ0n) is 6.48. The molecule has 0 amide bonds. The average Bonchev–Trinajstić information content (AvgIpc) is 2.05. The highest BCUT2D eigenvalue weighted by atomic mass is 32.2. The van der Waals surface area contributed by atoms with Crippen molar-refractivity contribution in [2.45, 2.75) is 4.90 Å². The van der Waals surface area contributed by atoms with Gasteiger partial charge in [0.05, 0.1) is 4.92 Å². The zero-order valence-corrected chi connectivity index (χ0v) is 7.30. The van der Waals surface area contributed by atoms with E-state index < -0.39 is 4.92 Å². The number of hydrogen-bond donors (Lipinski definition) is 1. The highest BCUT2D eigenvalue weighted by Crippen LogP contribution is 2.26. The van der Waals surface area contributed by atoms with E-state index in [4.69, 9.17) is 5.73 Å². The molecule has 0 radical (unpaired) electrons. The Morgan fingerprint density at radius 1 is 1.58 bits per heavy atom. The van der Waals surface area contributed by atoms with Gasteiger partial charge in [-0.1, -0.05) is 0 Å². The summed E-state index contributed by atoms with van der Waals surface area (Å²) < 4.78 is 0. The van der Waals surface area contributed by atoms with Crippen molar-refractivity contribution < 1.29 is 4.92 Å². The minimum atomic E-state index is -0.431. The second kappa shape index (κ2) is 3.44. The van der Waals surface area contributed by atoms with E-state index in [0.717, 1.165) is 4.90 Å². The summed E-state index contributed by atoms with van der Waals surface area (Å²) in [4.78, 5) is 10.6. The predicted octanol–water partition coefficient (Wildman–Crippen LogP) is 1.90. The summed E-state index contributed by atoms with van der Waals surface area (Å²) in [6.45, 7) is 0. The maximum atomic E-state index is 10.3. The van der Waals surface area contributed by atoms with Gasteiger partial charge in [-0.2, -0.15) is 0 Å². The van der Waals surface area contributed by atoms with Gasteiger partial charge in [0.25, 0.3) is 5.69 Å². The second-order valence-electron chi connectivity index (χ2n) is 2.18. The van der Waals surface area contributed by atoms with Crippen LogP contribution in [0.3, 0.4) is 0 Å². The molecule has 0 aliphatic rings. The van der Waals surface area contributed by atoms with Gasteiger partial charge >= 0.3 is 0 Å². The van der Waals surface area contributed by atoms with Crippen LogP contribution in [0.2, 0.25) is 0 Å². The van der Waals surface area contributed by atoms with Crippen LogP contribution >= 0.6 is 11.8 Å². The molecular formula is C7H8N2O2S. The second-order valence-corrected chi connectivity index (χ2v) is 3.03. The molecule has 5 heteroatoms. The van der Waals surface area contributed by atoms with E-state index in [9.17, 15) is 10.1 Å². The number of rotatable bonds is 2. The monoisotopic (exact) mass is 184 g/mol. The fraction of sp³-hybridized carbons (Fsp3) is 0.143. The summed E-state index contributed by atoms with van der Waals surface area (Å²) in [5, 5.41) is 10.3. The van der Waals surface area contributed by atoms with Crippen LogP contribution < -0.4 is 5.73 Å². The third kappa shape index (κ3) is 1.68. The molecular weight excluding hydrogens is 176 g/mol. The number of nitrogens with zero attached hydrogens (tertiary/aromatic N) is 1. The smallest absolute Gasteiger partial charge is 0.270 e. The number of hydrogen-bond acceptors (Lipinski definition) is 4. The fourth-order valence-electron chi connectivity index (χ4n) is 0.813. The van der Waals surface area contributed by atoms with Gasteiger partial charge in [-0.3, -0.25) is 10.1 Å². The Hall–Kier alpha value is -1.23. The molecule has 1 aromatic carbocycles. The van der Waals surface area contributed by atoms with E-state index in [1.54, 1.807) is 6.07 Å². The largest absolute Gasteiger partial charge is 0.398 e. The Kier molecular flexibility index (Phi) is 2.54. The first kappa shape index (κ1) is 8.86. The van der Waals surface area contributed by atoms with E-state index in [-0.39, 0.29) is 5.69 Å². The first-order valence-electron chi connectivity index (χ1n) is 3.23. The van der Waals surface area contributed by atoms with Crippen LogP contribution in [0.5, 0.6) is 0 Å². The molecule has 0 aromatic heterocycles. The summed E-state index contributed by atoms with van der Waals surface area (Å²) in [6, 6.07) is 4.42. The average molecular weight is 184 g/mol. The number of non-ortho nitro benzene ring substituents is 1. The van der Waals surface area contributed by atoms with E-state index in [1.807, 2.05) is 6.26 Å². The highest BCUT2D eigenvalue weighted by molar-refractivity contribution is 7.98. The van der Waals surface area contributed by atoms with Crippen molar-refractivity contribution in [3.8, 4) is 0 Å². The molecule has 0 heterocycles. The topological polar surface area (TPSA) is 69.2 Å². The number of nitro groups is 1. The number of thioether (sulfide) groups is 1. The molecule has 0 fully saturated rings. The van der Waals surface area contributed by atoms with Crippen LogP contribution in [0.15, 0.2) is 23.1 Å². The normalized spacial score (nSPS) is 9.75. The number of nitro benzene ring substituents is 1. The lowest BCUT2D eigenvalue weighted by Crippen LogP contribution is -1.92. The molecule has 0 saturated heterocycles. The quantitative estimate of drug-likeness (QED) is 0.330. The van der Waals surface area contributed by atoms with Crippen molar-refractivity contribution in [1.82, 2.24) is 0 Å². The first-order valence-corrected chi connectivity index (χ1v) is 4.45. The Labute approximate surface area is 73.9 Å². The molecule has 4 nitrogen and oxygen atoms in total. The van der Waals surface area contributed by atoms with Gasteiger partial charge in [0.2, 0.25) is 0 Å². The van der Waals surface area contributed by atoms with Gasteiger partial charge in [0, 0.05) is 22.7 Å². The van der Waals surface area contributed by atoms with Gasteiger partial charge < -0.3 is 5.73 Å². The maximum absolute atomic E-state index is 10.3. The van der Waals surface area contributed by atoms with Crippen molar-refractivity contribution in [2.24, 2.45) is 0 Å². The van der Waals surface area contributed by atoms with E-state index in [2.05, 4.69) is 0 Å². The number of nitrogen functional groups attached to an aromatic ring is 1. The van der Waals surface area contributed by atoms with Crippen molar-refractivity contribution in [3.05, 3.63) is 28.3 Å². The molecule has 0 saturated carbocycles. The van der Waals surface area contributed by atoms with Gasteiger partial charge in [-0.15, -0.1) is 11.8 Å². The Morgan fingerprint density at radius 3 is 2.75 bits per heavy atom. The molecule has 0 aliphatic carbocycles. The highest BCUT2D eigenvalue weighted by Gasteiger charge is 2.07. The summed E-state index contributed by atoms with van der Waals surface area (Å²) >= 11 is 1.40. The minimum Gasteiger partial charge on any atom is -0.398 e. The zero-order chi connectivity index (χ0) is 9.14. The molecule has 0 unspecified atom stereocenters.